The summed E-state index contributed by atoms with van der Waals surface area (Å²) in [5, 5.41) is 0. The van der Waals surface area contributed by atoms with E-state index in [4.69, 9.17) is 21.1 Å². The smallest absolute Gasteiger partial charge is 0.238 e. The molecule has 0 atom stereocenters. The molecule has 0 unspecified atom stereocenters. The minimum atomic E-state index is -0.128. The molecule has 104 valence electrons. The quantitative estimate of drug-likeness (QED) is 0.570. The Morgan fingerprint density at radius 2 is 2.05 bits per heavy atom. The molecule has 0 spiro atoms. The van der Waals surface area contributed by atoms with E-state index in [1.54, 1.807) is 25.2 Å². The third-order valence-corrected chi connectivity index (χ3v) is 2.87. The van der Waals surface area contributed by atoms with Gasteiger partial charge in [0.25, 0.3) is 0 Å². The first kappa shape index (κ1) is 15.4. The zero-order valence-electron chi connectivity index (χ0n) is 11.2. The van der Waals surface area contributed by atoms with Gasteiger partial charge in [0, 0.05) is 13.1 Å². The number of hydrogen-bond acceptors (Lipinski definition) is 3. The molecule has 4 nitrogen and oxygen atoms in total. The molecule has 0 saturated heterocycles. The average Bonchev–Trinajstić information content (AvgIpc) is 2.45. The Kier molecular flexibility index (Phi) is 6.22. The van der Waals surface area contributed by atoms with Gasteiger partial charge in [0.15, 0.2) is 11.5 Å². The molecule has 0 heterocycles. The minimum Gasteiger partial charge on any atom is -0.493 e. The lowest BCUT2D eigenvalue weighted by Gasteiger charge is -2.20. The maximum atomic E-state index is 11.7. The summed E-state index contributed by atoms with van der Waals surface area (Å²) in [5.41, 5.74) is 0.943. The standard InChI is InChI=1S/C14H18ClNO3/c1-4-7-16(14(17)9-15)10-11-5-6-12(18-2)13(8-11)19-3/h4-6,8H,1,7,9-10H2,2-3H3. The van der Waals surface area contributed by atoms with Crippen molar-refractivity contribution < 1.29 is 14.3 Å². The third-order valence-electron chi connectivity index (χ3n) is 2.64. The van der Waals surface area contributed by atoms with E-state index in [0.29, 0.717) is 24.6 Å². The maximum absolute atomic E-state index is 11.7. The van der Waals surface area contributed by atoms with Crippen molar-refractivity contribution in [3.05, 3.63) is 36.4 Å². The lowest BCUT2D eigenvalue weighted by molar-refractivity contribution is -0.128. The molecule has 0 bridgehead atoms. The van der Waals surface area contributed by atoms with Gasteiger partial charge in [-0.3, -0.25) is 4.79 Å². The number of benzene rings is 1. The van der Waals surface area contributed by atoms with Crippen molar-refractivity contribution in [2.45, 2.75) is 6.54 Å². The fourth-order valence-electron chi connectivity index (χ4n) is 1.69. The average molecular weight is 284 g/mol. The second-order valence-electron chi connectivity index (χ2n) is 3.89. The van der Waals surface area contributed by atoms with E-state index in [9.17, 15) is 4.79 Å². The van der Waals surface area contributed by atoms with Crippen molar-refractivity contribution in [2.75, 3.05) is 26.6 Å². The van der Waals surface area contributed by atoms with Gasteiger partial charge in [-0.1, -0.05) is 12.1 Å². The first-order valence-electron chi connectivity index (χ1n) is 5.81. The van der Waals surface area contributed by atoms with E-state index in [1.165, 1.54) is 0 Å². The molecule has 1 aromatic rings. The SMILES string of the molecule is C=CCN(Cc1ccc(OC)c(OC)c1)C(=O)CCl. The van der Waals surface area contributed by atoms with Gasteiger partial charge in [-0.15, -0.1) is 18.2 Å². The molecular formula is C14H18ClNO3. The highest BCUT2D eigenvalue weighted by Gasteiger charge is 2.13. The number of rotatable bonds is 7. The van der Waals surface area contributed by atoms with Crippen LogP contribution in [-0.2, 0) is 11.3 Å². The predicted octanol–water partition coefficient (Wildman–Crippen LogP) is 2.46. The summed E-state index contributed by atoms with van der Waals surface area (Å²) in [4.78, 5) is 13.3. The van der Waals surface area contributed by atoms with Crippen molar-refractivity contribution in [1.29, 1.82) is 0 Å². The van der Waals surface area contributed by atoms with E-state index in [-0.39, 0.29) is 11.8 Å². The van der Waals surface area contributed by atoms with Crippen LogP contribution in [-0.4, -0.2) is 37.5 Å². The highest BCUT2D eigenvalue weighted by Crippen LogP contribution is 2.28. The van der Waals surface area contributed by atoms with Crippen molar-refractivity contribution in [1.82, 2.24) is 4.90 Å². The number of carbonyl (C=O) groups excluding carboxylic acids is 1. The van der Waals surface area contributed by atoms with Crippen molar-refractivity contribution in [2.24, 2.45) is 0 Å². The zero-order valence-corrected chi connectivity index (χ0v) is 11.9. The summed E-state index contributed by atoms with van der Waals surface area (Å²) in [7, 11) is 3.16. The molecule has 1 rings (SSSR count). The largest absolute Gasteiger partial charge is 0.493 e. The molecule has 5 heteroatoms. The van der Waals surface area contributed by atoms with Gasteiger partial charge in [-0.2, -0.15) is 0 Å². The molecule has 0 aliphatic heterocycles. The molecule has 0 aromatic heterocycles. The number of hydrogen-bond donors (Lipinski definition) is 0. The first-order valence-corrected chi connectivity index (χ1v) is 6.35. The van der Waals surface area contributed by atoms with Gasteiger partial charge in [0.05, 0.1) is 14.2 Å². The van der Waals surface area contributed by atoms with Crippen LogP contribution in [0.4, 0.5) is 0 Å². The molecule has 1 amide bonds. The van der Waals surface area contributed by atoms with Crippen LogP contribution in [0.25, 0.3) is 0 Å². The molecule has 0 saturated carbocycles. The number of amides is 1. The van der Waals surface area contributed by atoms with Crippen LogP contribution in [0.1, 0.15) is 5.56 Å². The van der Waals surface area contributed by atoms with E-state index < -0.39 is 0 Å². The van der Waals surface area contributed by atoms with Crippen LogP contribution in [0.15, 0.2) is 30.9 Å². The molecule has 0 aliphatic rings. The Morgan fingerprint density at radius 3 is 2.58 bits per heavy atom. The van der Waals surface area contributed by atoms with Crippen molar-refractivity contribution >= 4 is 17.5 Å². The number of carbonyl (C=O) groups is 1. The number of halogens is 1. The van der Waals surface area contributed by atoms with Gasteiger partial charge in [0.2, 0.25) is 5.91 Å². The number of methoxy groups -OCH3 is 2. The molecule has 0 aliphatic carbocycles. The fourth-order valence-corrected chi connectivity index (χ4v) is 1.86. The monoisotopic (exact) mass is 283 g/mol. The molecular weight excluding hydrogens is 266 g/mol. The molecule has 1 aromatic carbocycles. The van der Waals surface area contributed by atoms with Gasteiger partial charge in [-0.25, -0.2) is 0 Å². The molecule has 19 heavy (non-hydrogen) atoms. The first-order chi connectivity index (χ1) is 9.15. The van der Waals surface area contributed by atoms with E-state index in [0.717, 1.165) is 5.56 Å². The summed E-state index contributed by atoms with van der Waals surface area (Å²) in [6.07, 6.45) is 1.67. The molecule has 0 fully saturated rings. The number of ether oxygens (including phenoxy) is 2. The zero-order chi connectivity index (χ0) is 14.3. The van der Waals surface area contributed by atoms with E-state index in [2.05, 4.69) is 6.58 Å². The molecule has 0 radical (unpaired) electrons. The topological polar surface area (TPSA) is 38.8 Å². The van der Waals surface area contributed by atoms with E-state index >= 15 is 0 Å². The van der Waals surface area contributed by atoms with Gasteiger partial charge >= 0.3 is 0 Å². The third kappa shape index (κ3) is 4.17. The van der Waals surface area contributed by atoms with Gasteiger partial charge < -0.3 is 14.4 Å². The highest BCUT2D eigenvalue weighted by atomic mass is 35.5. The Labute approximate surface area is 118 Å². The summed E-state index contributed by atoms with van der Waals surface area (Å²) in [5.74, 6) is 1.12. The van der Waals surface area contributed by atoms with Crippen LogP contribution < -0.4 is 9.47 Å². The fraction of sp³-hybridized carbons (Fsp3) is 0.357. The summed E-state index contributed by atoms with van der Waals surface area (Å²) in [6.45, 7) is 4.55. The lowest BCUT2D eigenvalue weighted by Crippen LogP contribution is -2.31. The Morgan fingerprint density at radius 1 is 1.37 bits per heavy atom. The van der Waals surface area contributed by atoms with Crippen LogP contribution in [0, 0.1) is 0 Å². The Bertz CT molecular complexity index is 448. The van der Waals surface area contributed by atoms with Crippen molar-refractivity contribution in [3.8, 4) is 11.5 Å². The maximum Gasteiger partial charge on any atom is 0.238 e. The highest BCUT2D eigenvalue weighted by molar-refractivity contribution is 6.27. The number of nitrogens with zero attached hydrogens (tertiary/aromatic N) is 1. The van der Waals surface area contributed by atoms with Crippen LogP contribution in [0.2, 0.25) is 0 Å². The van der Waals surface area contributed by atoms with Crippen LogP contribution in [0.3, 0.4) is 0 Å². The number of alkyl halides is 1. The van der Waals surface area contributed by atoms with Crippen LogP contribution in [0.5, 0.6) is 11.5 Å². The Balaban J connectivity index is 2.90. The summed E-state index contributed by atoms with van der Waals surface area (Å²) >= 11 is 5.58. The normalized spacial score (nSPS) is 9.84. The van der Waals surface area contributed by atoms with E-state index in [1.807, 2.05) is 18.2 Å². The van der Waals surface area contributed by atoms with Gasteiger partial charge in [0.1, 0.15) is 5.88 Å². The summed E-state index contributed by atoms with van der Waals surface area (Å²) < 4.78 is 10.4. The van der Waals surface area contributed by atoms with Crippen molar-refractivity contribution in [3.63, 3.8) is 0 Å². The lowest BCUT2D eigenvalue weighted by atomic mass is 10.2. The Hall–Kier alpha value is -1.68. The second kappa shape index (κ2) is 7.69. The second-order valence-corrected chi connectivity index (χ2v) is 4.15. The van der Waals surface area contributed by atoms with Crippen LogP contribution >= 0.6 is 11.6 Å². The van der Waals surface area contributed by atoms with Gasteiger partial charge in [-0.05, 0) is 17.7 Å². The summed E-state index contributed by atoms with van der Waals surface area (Å²) in [6, 6.07) is 5.54. The molecule has 0 N–H and O–H groups in total. The minimum absolute atomic E-state index is 0.0405. The predicted molar refractivity (Wildman–Crippen MR) is 75.9 cm³/mol.